The van der Waals surface area contributed by atoms with E-state index in [4.69, 9.17) is 9.47 Å². The lowest BCUT2D eigenvalue weighted by atomic mass is 9.85. The third-order valence-electron chi connectivity index (χ3n) is 5.62. The highest BCUT2D eigenvalue weighted by Gasteiger charge is 2.56. The molecule has 2 fully saturated rings. The number of hydrogen-bond donors (Lipinski definition) is 1. The molecule has 2 saturated heterocycles. The van der Waals surface area contributed by atoms with Crippen LogP contribution in [-0.4, -0.2) is 62.0 Å². The van der Waals surface area contributed by atoms with Gasteiger partial charge in [0.1, 0.15) is 0 Å². The number of nitrogens with zero attached hydrogens (tertiary/aromatic N) is 1. The largest absolute Gasteiger partial charge is 0.468 e. The van der Waals surface area contributed by atoms with E-state index >= 15 is 0 Å². The van der Waals surface area contributed by atoms with Crippen LogP contribution in [-0.2, 0) is 29.9 Å². The zero-order chi connectivity index (χ0) is 19.7. The van der Waals surface area contributed by atoms with E-state index in [0.29, 0.717) is 0 Å². The highest BCUT2D eigenvalue weighted by Crippen LogP contribution is 2.39. The summed E-state index contributed by atoms with van der Waals surface area (Å²) in [4.78, 5) is 12.4. The second-order valence-corrected chi connectivity index (χ2v) is 10.2. The van der Waals surface area contributed by atoms with E-state index < -0.39 is 26.3 Å². The lowest BCUT2D eigenvalue weighted by molar-refractivity contribution is -0.146. The van der Waals surface area contributed by atoms with Gasteiger partial charge in [-0.1, -0.05) is 28.1 Å². The fourth-order valence-electron chi connectivity index (χ4n) is 3.85. The van der Waals surface area contributed by atoms with Gasteiger partial charge in [0, 0.05) is 43.6 Å². The lowest BCUT2D eigenvalue weighted by Crippen LogP contribution is -2.59. The Hall–Kier alpha value is -1.00. The summed E-state index contributed by atoms with van der Waals surface area (Å²) in [5.74, 6) is -0.737. The van der Waals surface area contributed by atoms with Crippen molar-refractivity contribution in [3.63, 3.8) is 0 Å². The number of methoxy groups -OCH3 is 1. The van der Waals surface area contributed by atoms with Crippen LogP contribution in [0, 0.1) is 0 Å². The monoisotopic (exact) mass is 461 g/mol. The van der Waals surface area contributed by atoms with Crippen molar-refractivity contribution < 1.29 is 27.8 Å². The van der Waals surface area contributed by atoms with Crippen LogP contribution < -0.4 is 0 Å². The number of carbonyl (C=O) groups is 1. The van der Waals surface area contributed by atoms with E-state index in [-0.39, 0.29) is 52.0 Å². The molecule has 2 aliphatic heterocycles. The molecule has 0 atom stereocenters. The molecule has 0 saturated carbocycles. The first-order chi connectivity index (χ1) is 12.7. The first-order valence-electron chi connectivity index (χ1n) is 8.89. The second kappa shape index (κ2) is 7.79. The number of aliphatic hydroxyl groups is 1. The van der Waals surface area contributed by atoms with Crippen molar-refractivity contribution in [3.05, 3.63) is 34.3 Å². The molecule has 0 aromatic heterocycles. The fourth-order valence-corrected chi connectivity index (χ4v) is 6.25. The van der Waals surface area contributed by atoms with Gasteiger partial charge < -0.3 is 14.6 Å². The quantitative estimate of drug-likeness (QED) is 0.686. The number of carbonyl (C=O) groups excluding carboxylic acids is 1. The average molecular weight is 462 g/mol. The van der Waals surface area contributed by atoms with Gasteiger partial charge in [-0.05, 0) is 30.5 Å². The zero-order valence-corrected chi connectivity index (χ0v) is 17.6. The Bertz CT molecular complexity index is 781. The smallest absolute Gasteiger partial charge is 0.328 e. The highest BCUT2D eigenvalue weighted by molar-refractivity contribution is 9.10. The van der Waals surface area contributed by atoms with Crippen LogP contribution in [0.1, 0.15) is 31.2 Å². The number of benzene rings is 1. The number of ether oxygens (including phenoxy) is 2. The number of hydrogen-bond acceptors (Lipinski definition) is 6. The third kappa shape index (κ3) is 3.67. The van der Waals surface area contributed by atoms with E-state index in [1.54, 1.807) is 0 Å². The molecule has 150 valence electrons. The van der Waals surface area contributed by atoms with Gasteiger partial charge >= 0.3 is 5.97 Å². The Labute approximate surface area is 167 Å². The summed E-state index contributed by atoms with van der Waals surface area (Å²) in [6.07, 6.45) is 0.689. The van der Waals surface area contributed by atoms with Crippen molar-refractivity contribution in [2.75, 3.05) is 33.4 Å². The molecule has 0 aliphatic carbocycles. The average Bonchev–Trinajstić information content (AvgIpc) is 2.68. The summed E-state index contributed by atoms with van der Waals surface area (Å²) < 4.78 is 37.4. The fraction of sp³-hybridized carbons (Fsp3) is 0.611. The molecular formula is C18H24BrNO6S. The number of halogens is 1. The van der Waals surface area contributed by atoms with E-state index in [0.717, 1.165) is 10.0 Å². The van der Waals surface area contributed by atoms with Crippen molar-refractivity contribution in [1.82, 2.24) is 4.31 Å². The summed E-state index contributed by atoms with van der Waals surface area (Å²) >= 11 is 3.37. The minimum atomic E-state index is -3.94. The number of sulfonamides is 1. The van der Waals surface area contributed by atoms with Gasteiger partial charge in [-0.2, -0.15) is 0 Å². The molecular weight excluding hydrogens is 438 g/mol. The maximum absolute atomic E-state index is 13.3. The predicted octanol–water partition coefficient (Wildman–Crippen LogP) is 1.78. The normalized spacial score (nSPS) is 22.9. The number of rotatable bonds is 4. The van der Waals surface area contributed by atoms with Crippen LogP contribution >= 0.6 is 15.9 Å². The molecule has 1 aromatic carbocycles. The van der Waals surface area contributed by atoms with Crippen LogP contribution in [0.3, 0.4) is 0 Å². The Morgan fingerprint density at radius 2 is 1.70 bits per heavy atom. The summed E-state index contributed by atoms with van der Waals surface area (Å²) in [7, 11) is -2.73. The van der Waals surface area contributed by atoms with Gasteiger partial charge in [-0.15, -0.1) is 0 Å². The number of piperidine rings is 1. The van der Waals surface area contributed by atoms with E-state index in [2.05, 4.69) is 15.9 Å². The summed E-state index contributed by atoms with van der Waals surface area (Å²) in [5, 5.41) is 11.0. The molecule has 9 heteroatoms. The number of esters is 1. The molecule has 0 unspecified atom stereocenters. The molecule has 3 rings (SSSR count). The Morgan fingerprint density at radius 3 is 2.22 bits per heavy atom. The SMILES string of the molecule is COC(=O)C1(S(=O)(=O)N2CCC(O)(c3ccc(Br)cc3)CC2)CCOCC1. The molecule has 0 amide bonds. The van der Waals surface area contributed by atoms with Crippen LogP contribution in [0.2, 0.25) is 0 Å². The van der Waals surface area contributed by atoms with Crippen LogP contribution in [0.5, 0.6) is 0 Å². The first-order valence-corrected chi connectivity index (χ1v) is 11.1. The Morgan fingerprint density at radius 1 is 1.15 bits per heavy atom. The summed E-state index contributed by atoms with van der Waals surface area (Å²) in [5.41, 5.74) is -0.322. The minimum Gasteiger partial charge on any atom is -0.468 e. The van der Waals surface area contributed by atoms with Crippen molar-refractivity contribution in [2.24, 2.45) is 0 Å². The molecule has 2 aliphatic rings. The maximum atomic E-state index is 13.3. The lowest BCUT2D eigenvalue weighted by Gasteiger charge is -2.42. The van der Waals surface area contributed by atoms with E-state index in [9.17, 15) is 18.3 Å². The molecule has 7 nitrogen and oxygen atoms in total. The van der Waals surface area contributed by atoms with Crippen LogP contribution in [0.25, 0.3) is 0 Å². The van der Waals surface area contributed by atoms with Crippen molar-refractivity contribution in [2.45, 2.75) is 36.0 Å². The Kier molecular flexibility index (Phi) is 5.98. The van der Waals surface area contributed by atoms with Crippen LogP contribution in [0.15, 0.2) is 28.7 Å². The van der Waals surface area contributed by atoms with Crippen LogP contribution in [0.4, 0.5) is 0 Å². The molecule has 0 spiro atoms. The van der Waals surface area contributed by atoms with Gasteiger partial charge in [0.2, 0.25) is 10.0 Å². The van der Waals surface area contributed by atoms with E-state index in [1.165, 1.54) is 11.4 Å². The van der Waals surface area contributed by atoms with Gasteiger partial charge in [0.05, 0.1) is 12.7 Å². The van der Waals surface area contributed by atoms with Gasteiger partial charge in [-0.3, -0.25) is 4.79 Å². The van der Waals surface area contributed by atoms with Gasteiger partial charge in [-0.25, -0.2) is 12.7 Å². The third-order valence-corrected chi connectivity index (χ3v) is 8.76. The molecule has 27 heavy (non-hydrogen) atoms. The minimum absolute atomic E-state index is 0.0789. The van der Waals surface area contributed by atoms with Crippen molar-refractivity contribution in [3.8, 4) is 0 Å². The second-order valence-electron chi connectivity index (χ2n) is 7.04. The maximum Gasteiger partial charge on any atom is 0.328 e. The molecule has 2 heterocycles. The van der Waals surface area contributed by atoms with E-state index in [1.807, 2.05) is 24.3 Å². The molecule has 0 bridgehead atoms. The first kappa shape index (κ1) is 20.7. The standard InChI is InChI=1S/C18H24BrNO6S/c1-25-16(21)18(8-12-26-13-9-18)27(23,24)20-10-6-17(22,7-11-20)14-2-4-15(19)5-3-14/h2-5,22H,6-13H2,1H3. The van der Waals surface area contributed by atoms with Gasteiger partial charge in [0.25, 0.3) is 0 Å². The topological polar surface area (TPSA) is 93.1 Å². The summed E-state index contributed by atoms with van der Waals surface area (Å²) in [6.45, 7) is 0.693. The highest BCUT2D eigenvalue weighted by atomic mass is 79.9. The molecule has 1 N–H and O–H groups in total. The van der Waals surface area contributed by atoms with Crippen molar-refractivity contribution in [1.29, 1.82) is 0 Å². The van der Waals surface area contributed by atoms with Gasteiger partial charge in [0.15, 0.2) is 4.75 Å². The molecule has 0 radical (unpaired) electrons. The Balaban J connectivity index is 1.81. The molecule has 1 aromatic rings. The predicted molar refractivity (Wildman–Crippen MR) is 103 cm³/mol. The summed E-state index contributed by atoms with van der Waals surface area (Å²) in [6, 6.07) is 7.38. The zero-order valence-electron chi connectivity index (χ0n) is 15.2. The van der Waals surface area contributed by atoms with Crippen molar-refractivity contribution >= 4 is 31.9 Å².